The Labute approximate surface area is 225 Å². The standard InChI is InChI=1S/C24H23IN2O8S/c1-4-34-21(29)13-35-22-15(25)9-14(10-18(22)33-3)11-19-23(30)27(24(31)36-19)12-20(28)26-16-7-5-6-8-17(16)32-2/h5-11H,4,12-13H2,1-3H3,(H,26,28)/b19-11+. The number of esters is 1. The van der Waals surface area contributed by atoms with E-state index in [-0.39, 0.29) is 18.1 Å². The van der Waals surface area contributed by atoms with E-state index >= 15 is 0 Å². The third kappa shape index (κ3) is 6.69. The van der Waals surface area contributed by atoms with Gasteiger partial charge in [-0.1, -0.05) is 12.1 Å². The van der Waals surface area contributed by atoms with Gasteiger partial charge in [0.05, 0.1) is 35.0 Å². The van der Waals surface area contributed by atoms with Crippen molar-refractivity contribution in [1.29, 1.82) is 0 Å². The van der Waals surface area contributed by atoms with Gasteiger partial charge in [0, 0.05) is 0 Å². The molecular weight excluding hydrogens is 603 g/mol. The number of nitrogens with zero attached hydrogens (tertiary/aromatic N) is 1. The summed E-state index contributed by atoms with van der Waals surface area (Å²) in [5, 5.41) is 2.09. The van der Waals surface area contributed by atoms with Crippen LogP contribution >= 0.6 is 34.4 Å². The highest BCUT2D eigenvalue weighted by Gasteiger charge is 2.36. The normalized spacial score (nSPS) is 14.1. The van der Waals surface area contributed by atoms with E-state index in [1.807, 2.05) is 22.6 Å². The van der Waals surface area contributed by atoms with Gasteiger partial charge in [0.15, 0.2) is 18.1 Å². The number of para-hydroxylation sites is 2. The van der Waals surface area contributed by atoms with E-state index in [0.717, 1.165) is 16.7 Å². The molecule has 1 aliphatic rings. The van der Waals surface area contributed by atoms with E-state index in [1.165, 1.54) is 20.3 Å². The second-order valence-corrected chi connectivity index (χ2v) is 9.30. The number of anilines is 1. The predicted molar refractivity (Wildman–Crippen MR) is 142 cm³/mol. The van der Waals surface area contributed by atoms with Crippen LogP contribution in [-0.2, 0) is 19.1 Å². The Morgan fingerprint density at radius 1 is 1.11 bits per heavy atom. The maximum absolute atomic E-state index is 12.9. The molecule has 190 valence electrons. The lowest BCUT2D eigenvalue weighted by atomic mass is 10.2. The highest BCUT2D eigenvalue weighted by molar-refractivity contribution is 14.1. The Balaban J connectivity index is 1.73. The van der Waals surface area contributed by atoms with Crippen molar-refractivity contribution in [3.8, 4) is 17.2 Å². The zero-order valence-corrected chi connectivity index (χ0v) is 22.6. The molecule has 0 aromatic heterocycles. The molecule has 2 aromatic carbocycles. The van der Waals surface area contributed by atoms with Gasteiger partial charge in [-0.2, -0.15) is 0 Å². The summed E-state index contributed by atoms with van der Waals surface area (Å²) in [6, 6.07) is 10.1. The van der Waals surface area contributed by atoms with Gasteiger partial charge >= 0.3 is 5.97 Å². The van der Waals surface area contributed by atoms with E-state index < -0.39 is 29.6 Å². The Hall–Kier alpha value is -3.26. The van der Waals surface area contributed by atoms with Crippen molar-refractivity contribution in [2.45, 2.75) is 6.92 Å². The van der Waals surface area contributed by atoms with Crippen molar-refractivity contribution in [3.63, 3.8) is 0 Å². The van der Waals surface area contributed by atoms with E-state index in [2.05, 4.69) is 5.32 Å². The van der Waals surface area contributed by atoms with Crippen LogP contribution in [0.3, 0.4) is 0 Å². The molecule has 2 aromatic rings. The van der Waals surface area contributed by atoms with E-state index in [4.69, 9.17) is 18.9 Å². The summed E-state index contributed by atoms with van der Waals surface area (Å²) in [6.07, 6.45) is 1.53. The first kappa shape index (κ1) is 27.3. The summed E-state index contributed by atoms with van der Waals surface area (Å²) in [4.78, 5) is 50.5. The molecule has 1 heterocycles. The molecular formula is C24H23IN2O8S. The van der Waals surface area contributed by atoms with Crippen molar-refractivity contribution in [3.05, 3.63) is 50.4 Å². The van der Waals surface area contributed by atoms with Crippen LogP contribution in [0.25, 0.3) is 6.08 Å². The Morgan fingerprint density at radius 3 is 2.53 bits per heavy atom. The van der Waals surface area contributed by atoms with Crippen LogP contribution < -0.4 is 19.5 Å². The van der Waals surface area contributed by atoms with E-state index in [0.29, 0.717) is 32.1 Å². The maximum Gasteiger partial charge on any atom is 0.344 e. The minimum absolute atomic E-state index is 0.156. The molecule has 0 aliphatic carbocycles. The first-order valence-electron chi connectivity index (χ1n) is 10.6. The Kier molecular flexibility index (Phi) is 9.58. The molecule has 36 heavy (non-hydrogen) atoms. The topological polar surface area (TPSA) is 120 Å². The number of hydrogen-bond donors (Lipinski definition) is 1. The molecule has 0 unspecified atom stereocenters. The van der Waals surface area contributed by atoms with Crippen molar-refractivity contribution >= 4 is 69.1 Å². The van der Waals surface area contributed by atoms with Gasteiger partial charge in [-0.05, 0) is 77.2 Å². The number of ether oxygens (including phenoxy) is 4. The fraction of sp³-hybridized carbons (Fsp3) is 0.250. The first-order chi connectivity index (χ1) is 17.3. The van der Waals surface area contributed by atoms with Gasteiger partial charge in [-0.3, -0.25) is 19.3 Å². The number of methoxy groups -OCH3 is 2. The molecule has 1 aliphatic heterocycles. The van der Waals surface area contributed by atoms with Gasteiger partial charge in [-0.15, -0.1) is 0 Å². The average molecular weight is 626 g/mol. The van der Waals surface area contributed by atoms with Crippen LogP contribution in [0.1, 0.15) is 12.5 Å². The number of hydrogen-bond acceptors (Lipinski definition) is 9. The monoisotopic (exact) mass is 626 g/mol. The van der Waals surface area contributed by atoms with E-state index in [9.17, 15) is 19.2 Å². The van der Waals surface area contributed by atoms with Crippen molar-refractivity contribution < 1.29 is 38.1 Å². The number of benzene rings is 2. The summed E-state index contributed by atoms with van der Waals surface area (Å²) in [5.41, 5.74) is 1.00. The number of nitrogens with one attached hydrogen (secondary N) is 1. The van der Waals surface area contributed by atoms with Gasteiger partial charge in [-0.25, -0.2) is 4.79 Å². The zero-order chi connectivity index (χ0) is 26.2. The Morgan fingerprint density at radius 2 is 1.83 bits per heavy atom. The third-order valence-corrected chi connectivity index (χ3v) is 6.45. The molecule has 3 amide bonds. The number of carbonyl (C=O) groups excluding carboxylic acids is 4. The van der Waals surface area contributed by atoms with E-state index in [1.54, 1.807) is 43.3 Å². The van der Waals surface area contributed by atoms with Crippen LogP contribution in [0.2, 0.25) is 0 Å². The summed E-state index contributed by atoms with van der Waals surface area (Å²) in [5.74, 6) is -0.489. The number of rotatable bonds is 10. The minimum atomic E-state index is -0.586. The maximum atomic E-state index is 12.9. The zero-order valence-electron chi connectivity index (χ0n) is 19.7. The molecule has 0 radical (unpaired) electrons. The fourth-order valence-corrected chi connectivity index (χ4v) is 4.79. The summed E-state index contributed by atoms with van der Waals surface area (Å²) < 4.78 is 21.6. The quantitative estimate of drug-likeness (QED) is 0.238. The summed E-state index contributed by atoms with van der Waals surface area (Å²) in [6.45, 7) is 1.22. The van der Waals surface area contributed by atoms with Crippen LogP contribution in [-0.4, -0.2) is 61.9 Å². The second kappa shape index (κ2) is 12.6. The van der Waals surface area contributed by atoms with Crippen LogP contribution in [0, 0.1) is 3.57 Å². The van der Waals surface area contributed by atoms with Crippen LogP contribution in [0.15, 0.2) is 41.3 Å². The molecule has 0 saturated carbocycles. The lowest BCUT2D eigenvalue weighted by Crippen LogP contribution is -2.36. The van der Waals surface area contributed by atoms with Gasteiger partial charge in [0.1, 0.15) is 12.3 Å². The lowest BCUT2D eigenvalue weighted by Gasteiger charge is -2.14. The highest BCUT2D eigenvalue weighted by atomic mass is 127. The van der Waals surface area contributed by atoms with Crippen molar-refractivity contribution in [1.82, 2.24) is 4.90 Å². The first-order valence-corrected chi connectivity index (χ1v) is 12.5. The highest BCUT2D eigenvalue weighted by Crippen LogP contribution is 2.37. The van der Waals surface area contributed by atoms with Gasteiger partial charge < -0.3 is 24.3 Å². The predicted octanol–water partition coefficient (Wildman–Crippen LogP) is 3.93. The van der Waals surface area contributed by atoms with Gasteiger partial charge in [0.25, 0.3) is 11.1 Å². The minimum Gasteiger partial charge on any atom is -0.495 e. The molecule has 3 rings (SSSR count). The number of halogens is 1. The fourth-order valence-electron chi connectivity index (χ4n) is 3.17. The van der Waals surface area contributed by atoms with Crippen molar-refractivity contribution in [2.24, 2.45) is 0 Å². The van der Waals surface area contributed by atoms with Crippen LogP contribution in [0.5, 0.6) is 17.2 Å². The summed E-state index contributed by atoms with van der Waals surface area (Å²) in [7, 11) is 2.92. The molecule has 10 nitrogen and oxygen atoms in total. The molecule has 0 spiro atoms. The molecule has 0 atom stereocenters. The number of imide groups is 1. The lowest BCUT2D eigenvalue weighted by molar-refractivity contribution is -0.145. The van der Waals surface area contributed by atoms with Gasteiger partial charge in [0.2, 0.25) is 5.91 Å². The second-order valence-electron chi connectivity index (χ2n) is 7.14. The molecule has 0 bridgehead atoms. The van der Waals surface area contributed by atoms with Crippen LogP contribution in [0.4, 0.5) is 10.5 Å². The molecule has 1 saturated heterocycles. The molecule has 1 fully saturated rings. The smallest absolute Gasteiger partial charge is 0.344 e. The number of carbonyl (C=O) groups is 4. The third-order valence-electron chi connectivity index (χ3n) is 4.75. The Bertz CT molecular complexity index is 1220. The number of amides is 3. The molecule has 1 N–H and O–H groups in total. The largest absolute Gasteiger partial charge is 0.495 e. The summed E-state index contributed by atoms with van der Waals surface area (Å²) >= 11 is 2.75. The average Bonchev–Trinajstić information content (AvgIpc) is 3.10. The SMILES string of the molecule is CCOC(=O)COc1c(I)cc(/C=C2/SC(=O)N(CC(=O)Nc3ccccc3OC)C2=O)cc1OC. The molecule has 12 heteroatoms. The number of thioether (sulfide) groups is 1. The van der Waals surface area contributed by atoms with Crippen molar-refractivity contribution in [2.75, 3.05) is 39.3 Å².